The number of imide groups is 1. The van der Waals surface area contributed by atoms with Gasteiger partial charge >= 0.3 is 12.0 Å². The number of carbonyl (C=O) groups excluding carboxylic acids is 3. The van der Waals surface area contributed by atoms with Gasteiger partial charge < -0.3 is 10.1 Å². The fourth-order valence-corrected chi connectivity index (χ4v) is 2.29. The van der Waals surface area contributed by atoms with Crippen LogP contribution in [0.3, 0.4) is 0 Å². The lowest BCUT2D eigenvalue weighted by Gasteiger charge is -2.12. The molecule has 1 aliphatic heterocycles. The van der Waals surface area contributed by atoms with Gasteiger partial charge in [0.2, 0.25) is 0 Å². The van der Waals surface area contributed by atoms with E-state index in [9.17, 15) is 23.2 Å². The number of urea groups is 1. The number of hydrogen-bond acceptors (Lipinski definition) is 6. The van der Waals surface area contributed by atoms with Crippen molar-refractivity contribution in [2.24, 2.45) is 0 Å². The first kappa shape index (κ1) is 16.1. The van der Waals surface area contributed by atoms with Gasteiger partial charge in [-0.2, -0.15) is 8.78 Å². The Hall–Kier alpha value is -2.23. The van der Waals surface area contributed by atoms with Crippen LogP contribution in [0, 0.1) is 0 Å². The van der Waals surface area contributed by atoms with Crippen LogP contribution in [0.15, 0.2) is 23.4 Å². The van der Waals surface area contributed by atoms with Gasteiger partial charge in [-0.1, -0.05) is 0 Å². The molecule has 0 aromatic carbocycles. The van der Waals surface area contributed by atoms with Gasteiger partial charge in [-0.3, -0.25) is 9.69 Å². The van der Waals surface area contributed by atoms with Crippen molar-refractivity contribution < 1.29 is 27.9 Å². The number of amides is 3. The molecule has 2 heterocycles. The molecule has 22 heavy (non-hydrogen) atoms. The maximum absolute atomic E-state index is 12.4. The minimum absolute atomic E-state index is 0.109. The van der Waals surface area contributed by atoms with E-state index in [1.807, 2.05) is 0 Å². The van der Waals surface area contributed by atoms with E-state index in [2.05, 4.69) is 10.3 Å². The van der Waals surface area contributed by atoms with Crippen molar-refractivity contribution in [3.8, 4) is 0 Å². The molecule has 1 fully saturated rings. The lowest BCUT2D eigenvalue weighted by atomic mass is 10.3. The lowest BCUT2D eigenvalue weighted by molar-refractivity contribution is -0.130. The molecule has 1 aromatic rings. The molecule has 0 spiro atoms. The Morgan fingerprint density at radius 1 is 1.50 bits per heavy atom. The highest BCUT2D eigenvalue weighted by atomic mass is 32.2. The number of pyridine rings is 1. The molecule has 2 rings (SSSR count). The number of hydrogen-bond donors (Lipinski definition) is 1. The van der Waals surface area contributed by atoms with Crippen molar-refractivity contribution in [3.63, 3.8) is 0 Å². The number of carbonyl (C=O) groups is 3. The summed E-state index contributed by atoms with van der Waals surface area (Å²) in [4.78, 5) is 39.4. The number of rotatable bonds is 5. The molecule has 0 unspecified atom stereocenters. The van der Waals surface area contributed by atoms with Crippen LogP contribution in [0.2, 0.25) is 0 Å². The van der Waals surface area contributed by atoms with E-state index in [0.717, 1.165) is 4.90 Å². The zero-order chi connectivity index (χ0) is 16.1. The van der Waals surface area contributed by atoms with Gasteiger partial charge in [-0.05, 0) is 23.9 Å². The Labute approximate surface area is 128 Å². The van der Waals surface area contributed by atoms with Crippen molar-refractivity contribution in [2.45, 2.75) is 10.8 Å². The molecule has 0 radical (unpaired) electrons. The van der Waals surface area contributed by atoms with Gasteiger partial charge in [0.25, 0.3) is 11.7 Å². The molecule has 10 heteroatoms. The summed E-state index contributed by atoms with van der Waals surface area (Å²) in [6, 6.07) is 2.10. The first-order valence-electron chi connectivity index (χ1n) is 6.14. The van der Waals surface area contributed by atoms with Crippen LogP contribution in [0.1, 0.15) is 10.4 Å². The fraction of sp³-hybridized carbons (Fsp3) is 0.333. The minimum Gasteiger partial charge on any atom is -0.452 e. The largest absolute Gasteiger partial charge is 0.452 e. The first-order valence-corrected chi connectivity index (χ1v) is 7.02. The van der Waals surface area contributed by atoms with Gasteiger partial charge in [0, 0.05) is 19.3 Å². The second-order valence-electron chi connectivity index (χ2n) is 4.09. The normalized spacial score (nSPS) is 14.1. The standard InChI is InChI=1S/C12H11F2N3O4S/c13-11(14)22-9-7(2-1-3-15-9)10(19)21-6-8(18)17-5-4-16-12(17)20/h1-3,11H,4-6H2,(H,16,20). The second kappa shape index (κ2) is 7.16. The summed E-state index contributed by atoms with van der Waals surface area (Å²) in [7, 11) is 0. The molecule has 1 aromatic heterocycles. The van der Waals surface area contributed by atoms with Gasteiger partial charge in [0.1, 0.15) is 5.03 Å². The topological polar surface area (TPSA) is 88.6 Å². The minimum atomic E-state index is -2.74. The Morgan fingerprint density at radius 3 is 2.91 bits per heavy atom. The molecule has 7 nitrogen and oxygen atoms in total. The number of halogens is 2. The fourth-order valence-electron chi connectivity index (χ4n) is 1.72. The van der Waals surface area contributed by atoms with E-state index in [1.165, 1.54) is 18.3 Å². The summed E-state index contributed by atoms with van der Waals surface area (Å²) in [5.41, 5.74) is -0.161. The summed E-state index contributed by atoms with van der Waals surface area (Å²) >= 11 is 0.109. The van der Waals surface area contributed by atoms with Crippen molar-refractivity contribution in [1.29, 1.82) is 0 Å². The average Bonchev–Trinajstić information content (AvgIpc) is 2.90. The predicted molar refractivity (Wildman–Crippen MR) is 71.5 cm³/mol. The summed E-state index contributed by atoms with van der Waals surface area (Å²) in [6.07, 6.45) is 1.27. The second-order valence-corrected chi connectivity index (χ2v) is 5.07. The van der Waals surface area contributed by atoms with Gasteiger partial charge in [0.15, 0.2) is 6.61 Å². The van der Waals surface area contributed by atoms with Crippen LogP contribution in [-0.2, 0) is 9.53 Å². The van der Waals surface area contributed by atoms with Crippen molar-refractivity contribution in [2.75, 3.05) is 19.7 Å². The molecule has 0 atom stereocenters. The molecule has 0 aliphatic carbocycles. The third-order valence-electron chi connectivity index (χ3n) is 2.68. The Morgan fingerprint density at radius 2 is 2.27 bits per heavy atom. The summed E-state index contributed by atoms with van der Waals surface area (Å²) in [6.45, 7) is -0.134. The van der Waals surface area contributed by atoms with Crippen LogP contribution < -0.4 is 5.32 Å². The van der Waals surface area contributed by atoms with Gasteiger partial charge in [0.05, 0.1) is 5.56 Å². The van der Waals surface area contributed by atoms with Crippen molar-refractivity contribution in [3.05, 3.63) is 23.9 Å². The van der Waals surface area contributed by atoms with Crippen LogP contribution in [0.5, 0.6) is 0 Å². The number of esters is 1. The SMILES string of the molecule is O=C(OCC(=O)N1CCNC1=O)c1cccnc1SC(F)F. The van der Waals surface area contributed by atoms with E-state index in [-0.39, 0.29) is 28.9 Å². The van der Waals surface area contributed by atoms with E-state index in [4.69, 9.17) is 4.74 Å². The number of aromatic nitrogens is 1. The van der Waals surface area contributed by atoms with E-state index >= 15 is 0 Å². The average molecular weight is 331 g/mol. The monoisotopic (exact) mass is 331 g/mol. The van der Waals surface area contributed by atoms with Crippen molar-refractivity contribution >= 4 is 29.7 Å². The number of nitrogens with zero attached hydrogens (tertiary/aromatic N) is 2. The van der Waals surface area contributed by atoms with Gasteiger partial charge in [-0.15, -0.1) is 0 Å². The molecule has 0 saturated carbocycles. The van der Waals surface area contributed by atoms with E-state index in [1.54, 1.807) is 0 Å². The smallest absolute Gasteiger partial charge is 0.341 e. The summed E-state index contributed by atoms with van der Waals surface area (Å²) < 4.78 is 29.5. The molecule has 1 N–H and O–H groups in total. The highest BCUT2D eigenvalue weighted by molar-refractivity contribution is 7.99. The zero-order valence-electron chi connectivity index (χ0n) is 11.1. The Bertz CT molecular complexity index is 599. The number of alkyl halides is 2. The van der Waals surface area contributed by atoms with Crippen LogP contribution in [-0.4, -0.2) is 53.2 Å². The highest BCUT2D eigenvalue weighted by Gasteiger charge is 2.27. The van der Waals surface area contributed by atoms with Crippen LogP contribution in [0.4, 0.5) is 13.6 Å². The maximum atomic E-state index is 12.4. The lowest BCUT2D eigenvalue weighted by Crippen LogP contribution is -2.37. The van der Waals surface area contributed by atoms with Crippen LogP contribution >= 0.6 is 11.8 Å². The summed E-state index contributed by atoms with van der Waals surface area (Å²) in [5.74, 6) is -4.38. The zero-order valence-corrected chi connectivity index (χ0v) is 11.9. The molecule has 0 bridgehead atoms. The number of ether oxygens (including phenoxy) is 1. The predicted octanol–water partition coefficient (Wildman–Crippen LogP) is 1.10. The number of nitrogens with one attached hydrogen (secondary N) is 1. The first-order chi connectivity index (χ1) is 10.5. The molecule has 1 saturated heterocycles. The third kappa shape index (κ3) is 3.91. The quantitative estimate of drug-likeness (QED) is 0.642. The van der Waals surface area contributed by atoms with Crippen LogP contribution in [0.25, 0.3) is 0 Å². The molecule has 3 amide bonds. The van der Waals surface area contributed by atoms with Gasteiger partial charge in [-0.25, -0.2) is 14.6 Å². The maximum Gasteiger partial charge on any atom is 0.341 e. The van der Waals surface area contributed by atoms with E-state index < -0.39 is 30.3 Å². The molecular formula is C12H11F2N3O4S. The Balaban J connectivity index is 1.98. The summed E-state index contributed by atoms with van der Waals surface area (Å²) in [5, 5.41) is 2.24. The van der Waals surface area contributed by atoms with Crippen molar-refractivity contribution in [1.82, 2.24) is 15.2 Å². The number of thioether (sulfide) groups is 1. The molecule has 1 aliphatic rings. The third-order valence-corrected chi connectivity index (χ3v) is 3.40. The van der Waals surface area contributed by atoms with E-state index in [0.29, 0.717) is 6.54 Å². The Kier molecular flexibility index (Phi) is 5.26. The molecule has 118 valence electrons. The molecular weight excluding hydrogens is 320 g/mol. The highest BCUT2D eigenvalue weighted by Crippen LogP contribution is 2.26.